The van der Waals surface area contributed by atoms with Gasteiger partial charge in [-0.15, -0.1) is 0 Å². The van der Waals surface area contributed by atoms with E-state index in [9.17, 15) is 14.7 Å². The molecule has 1 aromatic rings. The van der Waals surface area contributed by atoms with Gasteiger partial charge < -0.3 is 10.0 Å². The largest absolute Gasteiger partial charge is 0.480 e. The monoisotopic (exact) mass is 307 g/mol. The second-order valence-electron chi connectivity index (χ2n) is 5.35. The lowest BCUT2D eigenvalue weighted by Gasteiger charge is -2.32. The summed E-state index contributed by atoms with van der Waals surface area (Å²) in [5.74, 6) is 0.962. The van der Waals surface area contributed by atoms with Crippen molar-refractivity contribution in [3.63, 3.8) is 0 Å². The smallest absolute Gasteiger partial charge is 0.326 e. The number of aliphatic carboxylic acids is 1. The van der Waals surface area contributed by atoms with Crippen molar-refractivity contribution in [2.45, 2.75) is 32.4 Å². The van der Waals surface area contributed by atoms with Gasteiger partial charge in [-0.1, -0.05) is 30.3 Å². The van der Waals surface area contributed by atoms with Crippen LogP contribution in [0, 0.1) is 5.92 Å². The van der Waals surface area contributed by atoms with E-state index < -0.39 is 12.0 Å². The Balaban J connectivity index is 2.14. The third-order valence-corrected chi connectivity index (χ3v) is 4.92. The van der Waals surface area contributed by atoms with Crippen molar-refractivity contribution in [1.29, 1.82) is 0 Å². The number of amides is 1. The minimum Gasteiger partial charge on any atom is -0.480 e. The lowest BCUT2D eigenvalue weighted by atomic mass is 9.99. The van der Waals surface area contributed by atoms with E-state index in [-0.39, 0.29) is 11.8 Å². The summed E-state index contributed by atoms with van der Waals surface area (Å²) in [5.41, 5.74) is 0.962. The quantitative estimate of drug-likeness (QED) is 0.908. The van der Waals surface area contributed by atoms with Crippen LogP contribution in [-0.2, 0) is 16.1 Å². The fourth-order valence-electron chi connectivity index (χ4n) is 2.50. The van der Waals surface area contributed by atoms with E-state index in [2.05, 4.69) is 0 Å². The molecule has 0 radical (unpaired) electrons. The van der Waals surface area contributed by atoms with Crippen LogP contribution in [-0.4, -0.2) is 39.4 Å². The summed E-state index contributed by atoms with van der Waals surface area (Å²) in [5, 5.41) is 9.28. The van der Waals surface area contributed by atoms with Crippen LogP contribution in [0.3, 0.4) is 0 Å². The minimum absolute atomic E-state index is 0.0194. The molecule has 114 valence electrons. The van der Waals surface area contributed by atoms with Gasteiger partial charge in [0.25, 0.3) is 0 Å². The van der Waals surface area contributed by atoms with Crippen LogP contribution in [0.15, 0.2) is 30.3 Å². The zero-order valence-electron chi connectivity index (χ0n) is 12.2. The first-order valence-corrected chi connectivity index (χ1v) is 8.40. The number of carbonyl (C=O) groups excluding carboxylic acids is 1. The number of carboxylic acids is 1. The molecular weight excluding hydrogens is 286 g/mol. The van der Waals surface area contributed by atoms with Crippen molar-refractivity contribution < 1.29 is 14.7 Å². The molecule has 1 fully saturated rings. The average Bonchev–Trinajstić information content (AvgIpc) is 2.53. The second-order valence-corrected chi connectivity index (χ2v) is 6.58. The van der Waals surface area contributed by atoms with Crippen molar-refractivity contribution in [2.24, 2.45) is 5.92 Å². The Morgan fingerprint density at radius 3 is 2.48 bits per heavy atom. The molecule has 4 nitrogen and oxygen atoms in total. The van der Waals surface area contributed by atoms with Gasteiger partial charge in [-0.2, -0.15) is 11.8 Å². The first kappa shape index (κ1) is 15.9. The predicted octanol–water partition coefficient (Wildman–Crippen LogP) is 2.63. The third kappa shape index (κ3) is 4.24. The summed E-state index contributed by atoms with van der Waals surface area (Å²) < 4.78 is 0. The number of hydrogen-bond donors (Lipinski definition) is 1. The molecule has 1 aliphatic heterocycles. The molecule has 0 saturated carbocycles. The Bertz CT molecular complexity index is 486. The van der Waals surface area contributed by atoms with E-state index in [0.717, 1.165) is 29.9 Å². The number of nitrogens with zero attached hydrogens (tertiary/aromatic N) is 1. The Labute approximate surface area is 129 Å². The Morgan fingerprint density at radius 2 is 1.90 bits per heavy atom. The molecule has 0 spiro atoms. The molecule has 1 saturated heterocycles. The number of hydrogen-bond acceptors (Lipinski definition) is 3. The molecule has 5 heteroatoms. The van der Waals surface area contributed by atoms with E-state index in [1.165, 1.54) is 4.90 Å². The highest BCUT2D eigenvalue weighted by Crippen LogP contribution is 2.26. The zero-order valence-corrected chi connectivity index (χ0v) is 13.0. The number of thioether (sulfide) groups is 1. The number of carboxylic acid groups (broad SMARTS) is 1. The predicted molar refractivity (Wildman–Crippen MR) is 84.1 cm³/mol. The molecule has 1 amide bonds. The van der Waals surface area contributed by atoms with Gasteiger partial charge >= 0.3 is 5.97 Å². The summed E-state index contributed by atoms with van der Waals surface area (Å²) in [6.45, 7) is 1.94. The first-order chi connectivity index (χ1) is 10.1. The number of carbonyl (C=O) groups is 2. The van der Waals surface area contributed by atoms with Gasteiger partial charge in [-0.25, -0.2) is 4.79 Å². The maximum Gasteiger partial charge on any atom is 0.326 e. The standard InChI is InChI=1S/C16H21NO3S/c1-12(16(19)20)17(11-13-5-3-2-4-6-13)15(18)14-7-9-21-10-8-14/h2-6,12,14H,7-11H2,1H3,(H,19,20). The van der Waals surface area contributed by atoms with Crippen molar-refractivity contribution in [1.82, 2.24) is 4.90 Å². The van der Waals surface area contributed by atoms with E-state index in [1.807, 2.05) is 42.1 Å². The maximum absolute atomic E-state index is 12.7. The highest BCUT2D eigenvalue weighted by atomic mass is 32.2. The highest BCUT2D eigenvalue weighted by molar-refractivity contribution is 7.99. The summed E-state index contributed by atoms with van der Waals surface area (Å²) in [7, 11) is 0. The molecule has 0 aliphatic carbocycles. The molecule has 1 unspecified atom stereocenters. The summed E-state index contributed by atoms with van der Waals surface area (Å²) in [4.78, 5) is 25.5. The molecule has 1 atom stereocenters. The molecule has 1 aromatic carbocycles. The van der Waals surface area contributed by atoms with Gasteiger partial charge in [0.1, 0.15) is 6.04 Å². The molecule has 1 heterocycles. The topological polar surface area (TPSA) is 57.6 Å². The lowest BCUT2D eigenvalue weighted by molar-refractivity contribution is -0.152. The van der Waals surface area contributed by atoms with Gasteiger partial charge in [-0.3, -0.25) is 4.79 Å². The normalized spacial score (nSPS) is 17.2. The van der Waals surface area contributed by atoms with Gasteiger partial charge in [0, 0.05) is 12.5 Å². The summed E-state index contributed by atoms with van der Waals surface area (Å²) in [6.07, 6.45) is 1.70. The number of rotatable bonds is 5. The highest BCUT2D eigenvalue weighted by Gasteiger charge is 2.31. The fourth-order valence-corrected chi connectivity index (χ4v) is 3.60. The van der Waals surface area contributed by atoms with Crippen molar-refractivity contribution in [3.05, 3.63) is 35.9 Å². The van der Waals surface area contributed by atoms with E-state index in [4.69, 9.17) is 0 Å². The van der Waals surface area contributed by atoms with Crippen LogP contribution < -0.4 is 0 Å². The van der Waals surface area contributed by atoms with E-state index >= 15 is 0 Å². The maximum atomic E-state index is 12.7. The van der Waals surface area contributed by atoms with Crippen LogP contribution in [0.5, 0.6) is 0 Å². The fraction of sp³-hybridized carbons (Fsp3) is 0.500. The second kappa shape index (κ2) is 7.50. The molecule has 2 rings (SSSR count). The summed E-state index contributed by atoms with van der Waals surface area (Å²) in [6, 6.07) is 8.76. The first-order valence-electron chi connectivity index (χ1n) is 7.24. The van der Waals surface area contributed by atoms with Crippen molar-refractivity contribution >= 4 is 23.6 Å². The van der Waals surface area contributed by atoms with Crippen LogP contribution >= 0.6 is 11.8 Å². The van der Waals surface area contributed by atoms with Gasteiger partial charge in [0.05, 0.1) is 0 Å². The lowest BCUT2D eigenvalue weighted by Crippen LogP contribution is -2.46. The Morgan fingerprint density at radius 1 is 1.29 bits per heavy atom. The molecule has 1 N–H and O–H groups in total. The molecule has 21 heavy (non-hydrogen) atoms. The Kier molecular flexibility index (Phi) is 5.67. The van der Waals surface area contributed by atoms with Crippen LogP contribution in [0.1, 0.15) is 25.3 Å². The van der Waals surface area contributed by atoms with E-state index in [0.29, 0.717) is 6.54 Å². The molecule has 1 aliphatic rings. The van der Waals surface area contributed by atoms with Gasteiger partial charge in [-0.05, 0) is 36.8 Å². The molecule has 0 bridgehead atoms. The minimum atomic E-state index is -0.954. The summed E-state index contributed by atoms with van der Waals surface area (Å²) >= 11 is 1.86. The molecule has 0 aromatic heterocycles. The number of benzene rings is 1. The van der Waals surface area contributed by atoms with Crippen LogP contribution in [0.25, 0.3) is 0 Å². The van der Waals surface area contributed by atoms with Crippen molar-refractivity contribution in [2.75, 3.05) is 11.5 Å². The Hall–Kier alpha value is -1.49. The third-order valence-electron chi connectivity index (χ3n) is 3.87. The van der Waals surface area contributed by atoms with E-state index in [1.54, 1.807) is 6.92 Å². The zero-order chi connectivity index (χ0) is 15.2. The average molecular weight is 307 g/mol. The van der Waals surface area contributed by atoms with Gasteiger partial charge in [0.2, 0.25) is 5.91 Å². The van der Waals surface area contributed by atoms with Gasteiger partial charge in [0.15, 0.2) is 0 Å². The molecular formula is C16H21NO3S. The van der Waals surface area contributed by atoms with Crippen LogP contribution in [0.4, 0.5) is 0 Å². The van der Waals surface area contributed by atoms with Crippen molar-refractivity contribution in [3.8, 4) is 0 Å². The SMILES string of the molecule is CC(C(=O)O)N(Cc1ccccc1)C(=O)C1CCSCC1. The van der Waals surface area contributed by atoms with Crippen LogP contribution in [0.2, 0.25) is 0 Å².